The third-order valence-corrected chi connectivity index (χ3v) is 4.72. The molecule has 0 unspecified atom stereocenters. The number of amides is 2. The molecular weight excluding hydrogens is 318 g/mol. The summed E-state index contributed by atoms with van der Waals surface area (Å²) >= 11 is 0. The number of piperidine rings is 1. The standard InChI is InChI=1S/C19H29N3O3/c1-4-25-19(24)22-12-10-17(11-13-22)20-18(23)14-21(3)15(2)16-8-6-5-7-9-16/h5-9,15,17H,4,10-14H2,1-3H3,(H,20,23)/t15-/m0/s1. The Morgan fingerprint density at radius 1 is 1.28 bits per heavy atom. The number of carbonyl (C=O) groups excluding carboxylic acids is 2. The van der Waals surface area contributed by atoms with Crippen LogP contribution in [0.5, 0.6) is 0 Å². The Kier molecular flexibility index (Phi) is 7.25. The summed E-state index contributed by atoms with van der Waals surface area (Å²) < 4.78 is 5.01. The zero-order valence-electron chi connectivity index (χ0n) is 15.4. The van der Waals surface area contributed by atoms with Gasteiger partial charge in [-0.05, 0) is 39.3 Å². The molecule has 138 valence electrons. The van der Waals surface area contributed by atoms with E-state index in [4.69, 9.17) is 4.74 Å². The van der Waals surface area contributed by atoms with Crippen LogP contribution in [0.3, 0.4) is 0 Å². The van der Waals surface area contributed by atoms with Crippen molar-refractivity contribution < 1.29 is 14.3 Å². The van der Waals surface area contributed by atoms with Gasteiger partial charge in [0.15, 0.2) is 0 Å². The molecule has 1 fully saturated rings. The zero-order valence-corrected chi connectivity index (χ0v) is 15.4. The second-order valence-electron chi connectivity index (χ2n) is 6.53. The van der Waals surface area contributed by atoms with Crippen molar-refractivity contribution in [3.63, 3.8) is 0 Å². The minimum absolute atomic E-state index is 0.0277. The van der Waals surface area contributed by atoms with Crippen LogP contribution in [-0.2, 0) is 9.53 Å². The number of nitrogens with one attached hydrogen (secondary N) is 1. The van der Waals surface area contributed by atoms with Crippen molar-refractivity contribution in [3.8, 4) is 0 Å². The highest BCUT2D eigenvalue weighted by atomic mass is 16.6. The summed E-state index contributed by atoms with van der Waals surface area (Å²) in [6.45, 7) is 5.90. The highest BCUT2D eigenvalue weighted by molar-refractivity contribution is 5.78. The monoisotopic (exact) mass is 347 g/mol. The van der Waals surface area contributed by atoms with Crippen molar-refractivity contribution in [2.24, 2.45) is 0 Å². The molecule has 1 aliphatic rings. The molecule has 0 radical (unpaired) electrons. The Labute approximate surface area is 150 Å². The molecule has 1 N–H and O–H groups in total. The maximum atomic E-state index is 12.3. The number of carbonyl (C=O) groups is 2. The van der Waals surface area contributed by atoms with Gasteiger partial charge in [0.25, 0.3) is 0 Å². The Hall–Kier alpha value is -2.08. The quantitative estimate of drug-likeness (QED) is 0.858. The van der Waals surface area contributed by atoms with Crippen molar-refractivity contribution in [3.05, 3.63) is 35.9 Å². The summed E-state index contributed by atoms with van der Waals surface area (Å²) in [6.07, 6.45) is 1.27. The molecule has 0 aromatic heterocycles. The first-order valence-corrected chi connectivity index (χ1v) is 8.97. The van der Waals surface area contributed by atoms with Gasteiger partial charge in [-0.15, -0.1) is 0 Å². The zero-order chi connectivity index (χ0) is 18.2. The smallest absolute Gasteiger partial charge is 0.409 e. The maximum absolute atomic E-state index is 12.3. The molecule has 2 amide bonds. The van der Waals surface area contributed by atoms with E-state index in [0.29, 0.717) is 26.2 Å². The summed E-state index contributed by atoms with van der Waals surface area (Å²) in [4.78, 5) is 27.8. The number of benzene rings is 1. The van der Waals surface area contributed by atoms with Gasteiger partial charge in [0.2, 0.25) is 5.91 Å². The molecule has 25 heavy (non-hydrogen) atoms. The number of rotatable bonds is 6. The molecule has 1 atom stereocenters. The highest BCUT2D eigenvalue weighted by Gasteiger charge is 2.25. The van der Waals surface area contributed by atoms with Crippen LogP contribution in [0.2, 0.25) is 0 Å². The van der Waals surface area contributed by atoms with E-state index in [9.17, 15) is 9.59 Å². The van der Waals surface area contributed by atoms with E-state index in [-0.39, 0.29) is 24.1 Å². The van der Waals surface area contributed by atoms with Crippen molar-refractivity contribution in [2.75, 3.05) is 33.3 Å². The first-order valence-electron chi connectivity index (χ1n) is 8.97. The molecule has 0 aliphatic carbocycles. The van der Waals surface area contributed by atoms with E-state index < -0.39 is 0 Å². The van der Waals surface area contributed by atoms with Gasteiger partial charge < -0.3 is 15.0 Å². The third kappa shape index (κ3) is 5.74. The molecular formula is C19H29N3O3. The Bertz CT molecular complexity index is 556. The van der Waals surface area contributed by atoms with Crippen LogP contribution in [0.1, 0.15) is 38.3 Å². The Morgan fingerprint density at radius 3 is 2.52 bits per heavy atom. The van der Waals surface area contributed by atoms with Crippen LogP contribution in [0.15, 0.2) is 30.3 Å². The number of nitrogens with zero attached hydrogens (tertiary/aromatic N) is 2. The summed E-state index contributed by atoms with van der Waals surface area (Å²) in [5.41, 5.74) is 1.19. The molecule has 1 heterocycles. The van der Waals surface area contributed by atoms with Gasteiger partial charge >= 0.3 is 6.09 Å². The molecule has 1 aliphatic heterocycles. The fourth-order valence-corrected chi connectivity index (χ4v) is 3.04. The summed E-state index contributed by atoms with van der Waals surface area (Å²) in [5, 5.41) is 3.09. The van der Waals surface area contributed by atoms with E-state index in [2.05, 4.69) is 24.4 Å². The minimum atomic E-state index is -0.260. The normalized spacial score (nSPS) is 16.6. The average molecular weight is 347 g/mol. The predicted octanol–water partition coefficient (Wildman–Crippen LogP) is 2.42. The van der Waals surface area contributed by atoms with Gasteiger partial charge in [0.05, 0.1) is 13.2 Å². The van der Waals surface area contributed by atoms with Crippen LogP contribution in [0, 0.1) is 0 Å². The fraction of sp³-hybridized carbons (Fsp3) is 0.579. The number of ether oxygens (including phenoxy) is 1. The van der Waals surface area contributed by atoms with Crippen molar-refractivity contribution in [1.82, 2.24) is 15.1 Å². The molecule has 1 aromatic carbocycles. The van der Waals surface area contributed by atoms with Crippen LogP contribution in [-0.4, -0.2) is 61.1 Å². The lowest BCUT2D eigenvalue weighted by atomic mass is 10.1. The number of hydrogen-bond donors (Lipinski definition) is 1. The molecule has 6 nitrogen and oxygen atoms in total. The summed E-state index contributed by atoms with van der Waals surface area (Å²) in [5.74, 6) is 0.0277. The first kappa shape index (κ1) is 19.2. The second-order valence-corrected chi connectivity index (χ2v) is 6.53. The van der Waals surface area contributed by atoms with Crippen molar-refractivity contribution in [2.45, 2.75) is 38.8 Å². The third-order valence-electron chi connectivity index (χ3n) is 4.72. The van der Waals surface area contributed by atoms with Crippen LogP contribution >= 0.6 is 0 Å². The molecule has 0 bridgehead atoms. The van der Waals surface area contributed by atoms with E-state index in [1.165, 1.54) is 5.56 Å². The lowest BCUT2D eigenvalue weighted by Crippen LogP contribution is -2.48. The molecule has 1 aromatic rings. The predicted molar refractivity (Wildman–Crippen MR) is 97.2 cm³/mol. The minimum Gasteiger partial charge on any atom is -0.450 e. The fourth-order valence-electron chi connectivity index (χ4n) is 3.04. The van der Waals surface area contributed by atoms with E-state index in [1.54, 1.807) is 11.8 Å². The van der Waals surface area contributed by atoms with Gasteiger partial charge in [-0.3, -0.25) is 9.69 Å². The molecule has 0 saturated carbocycles. The number of likely N-dealkylation sites (tertiary alicyclic amines) is 1. The van der Waals surface area contributed by atoms with Gasteiger partial charge in [-0.25, -0.2) is 4.79 Å². The largest absolute Gasteiger partial charge is 0.450 e. The van der Waals surface area contributed by atoms with Crippen LogP contribution in [0.4, 0.5) is 4.79 Å². The number of hydrogen-bond acceptors (Lipinski definition) is 4. The number of likely N-dealkylation sites (N-methyl/N-ethyl adjacent to an activating group) is 1. The second kappa shape index (κ2) is 9.42. The van der Waals surface area contributed by atoms with Gasteiger partial charge in [0.1, 0.15) is 0 Å². The summed E-state index contributed by atoms with van der Waals surface area (Å²) in [6, 6.07) is 10.5. The molecule has 6 heteroatoms. The topological polar surface area (TPSA) is 61.9 Å². The Balaban J connectivity index is 1.74. The molecule has 1 saturated heterocycles. The lowest BCUT2D eigenvalue weighted by Gasteiger charge is -2.32. The molecule has 0 spiro atoms. The first-order chi connectivity index (χ1) is 12.0. The van der Waals surface area contributed by atoms with Crippen LogP contribution < -0.4 is 5.32 Å². The average Bonchev–Trinajstić information content (AvgIpc) is 2.62. The van der Waals surface area contributed by atoms with Gasteiger partial charge in [0, 0.05) is 25.2 Å². The maximum Gasteiger partial charge on any atom is 0.409 e. The molecule has 2 rings (SSSR count). The van der Waals surface area contributed by atoms with Gasteiger partial charge in [-0.1, -0.05) is 30.3 Å². The Morgan fingerprint density at radius 2 is 1.92 bits per heavy atom. The lowest BCUT2D eigenvalue weighted by molar-refractivity contribution is -0.123. The van der Waals surface area contributed by atoms with Crippen molar-refractivity contribution in [1.29, 1.82) is 0 Å². The van der Waals surface area contributed by atoms with Crippen LogP contribution in [0.25, 0.3) is 0 Å². The van der Waals surface area contributed by atoms with E-state index in [1.807, 2.05) is 30.1 Å². The van der Waals surface area contributed by atoms with Gasteiger partial charge in [-0.2, -0.15) is 0 Å². The SMILES string of the molecule is CCOC(=O)N1CCC(NC(=O)CN(C)[C@@H](C)c2ccccc2)CC1. The van der Waals surface area contributed by atoms with Crippen molar-refractivity contribution >= 4 is 12.0 Å². The van der Waals surface area contributed by atoms with E-state index in [0.717, 1.165) is 12.8 Å². The summed E-state index contributed by atoms with van der Waals surface area (Å²) in [7, 11) is 1.96. The van der Waals surface area contributed by atoms with E-state index >= 15 is 0 Å². The highest BCUT2D eigenvalue weighted by Crippen LogP contribution is 2.18.